The van der Waals surface area contributed by atoms with Gasteiger partial charge >= 0.3 is 0 Å². The van der Waals surface area contributed by atoms with E-state index in [0.717, 1.165) is 0 Å². The van der Waals surface area contributed by atoms with Crippen molar-refractivity contribution in [1.29, 1.82) is 0 Å². The molecule has 0 spiro atoms. The van der Waals surface area contributed by atoms with Crippen LogP contribution in [0.25, 0.3) is 0 Å². The van der Waals surface area contributed by atoms with Gasteiger partial charge in [0.2, 0.25) is 23.6 Å². The minimum Gasteiger partial charge on any atom is -0.353 e. The third-order valence-electron chi connectivity index (χ3n) is 7.11. The minimum atomic E-state index is -0.966. The van der Waals surface area contributed by atoms with Crippen LogP contribution in [0.15, 0.2) is 0 Å². The van der Waals surface area contributed by atoms with E-state index in [0.29, 0.717) is 0 Å². The van der Waals surface area contributed by atoms with Crippen molar-refractivity contribution in [2.24, 2.45) is 0 Å². The van der Waals surface area contributed by atoms with Crippen LogP contribution in [0.4, 0.5) is 0 Å². The van der Waals surface area contributed by atoms with Crippen molar-refractivity contribution in [3.63, 3.8) is 0 Å². The van der Waals surface area contributed by atoms with Crippen LogP contribution in [0, 0.1) is 0 Å². The second kappa shape index (κ2) is 23.2. The summed E-state index contributed by atoms with van der Waals surface area (Å²) in [6, 6.07) is -3.79. The Morgan fingerprint density at radius 1 is 0.354 bits per heavy atom. The van der Waals surface area contributed by atoms with Gasteiger partial charge in [-0.3, -0.25) is 43.2 Å². The minimum absolute atomic E-state index is 0.0163. The molecule has 0 rings (SSSR count). The Labute approximate surface area is 282 Å². The predicted octanol–water partition coefficient (Wildman–Crippen LogP) is 0.339. The lowest BCUT2D eigenvalue weighted by atomic mass is 10.0. The Morgan fingerprint density at radius 3 is 0.875 bits per heavy atom. The fourth-order valence-corrected chi connectivity index (χ4v) is 5.18. The molecule has 0 aromatic carbocycles. The Bertz CT molecular complexity index is 1200. The number of nitrogens with one attached hydrogen (secondary N) is 5. The molecule has 270 valence electrons. The molecule has 15 heteroatoms. The Hall–Kier alpha value is -4.14. The molecule has 0 saturated carbocycles. The summed E-state index contributed by atoms with van der Waals surface area (Å²) in [6.45, 7) is 8.03. The van der Waals surface area contributed by atoms with Gasteiger partial charge in [-0.15, -0.1) is 0 Å². The molecule has 0 aromatic rings. The number of ketones is 6. The molecule has 4 amide bonds. The molecule has 0 bridgehead atoms. The van der Waals surface area contributed by atoms with Crippen molar-refractivity contribution in [3.8, 4) is 0 Å². The fraction of sp³-hybridized carbons (Fsp3) is 0.697. The van der Waals surface area contributed by atoms with Crippen LogP contribution in [0.5, 0.6) is 0 Å². The number of carbonyl (C=O) groups is 10. The van der Waals surface area contributed by atoms with Crippen LogP contribution < -0.4 is 26.6 Å². The molecule has 0 aromatic heterocycles. The van der Waals surface area contributed by atoms with Gasteiger partial charge in [-0.2, -0.15) is 0 Å². The number of hydrogen-bond acceptors (Lipinski definition) is 11. The van der Waals surface area contributed by atoms with Gasteiger partial charge in [0.15, 0.2) is 0 Å². The van der Waals surface area contributed by atoms with Gasteiger partial charge < -0.3 is 31.4 Å². The molecular weight excluding hydrogens is 626 g/mol. The molecule has 0 heterocycles. The molecule has 0 radical (unpaired) electrons. The van der Waals surface area contributed by atoms with Crippen molar-refractivity contribution in [1.82, 2.24) is 26.6 Å². The van der Waals surface area contributed by atoms with E-state index in [1.165, 1.54) is 41.5 Å². The molecule has 0 aliphatic carbocycles. The highest BCUT2D eigenvalue weighted by Crippen LogP contribution is 2.09. The molecule has 15 nitrogen and oxygen atoms in total. The van der Waals surface area contributed by atoms with Crippen molar-refractivity contribution in [2.75, 3.05) is 7.05 Å². The summed E-state index contributed by atoms with van der Waals surface area (Å²) >= 11 is 0. The normalized spacial score (nSPS) is 13.9. The third-order valence-corrected chi connectivity index (χ3v) is 7.11. The van der Waals surface area contributed by atoms with E-state index in [1.54, 1.807) is 7.05 Å². The zero-order valence-electron chi connectivity index (χ0n) is 29.2. The molecule has 5 N–H and O–H groups in total. The van der Waals surface area contributed by atoms with Gasteiger partial charge in [0.05, 0.1) is 0 Å². The van der Waals surface area contributed by atoms with Crippen LogP contribution in [-0.4, -0.2) is 95.6 Å². The largest absolute Gasteiger partial charge is 0.353 e. The highest BCUT2D eigenvalue weighted by Gasteiger charge is 2.26. The van der Waals surface area contributed by atoms with Gasteiger partial charge in [0.25, 0.3) is 0 Å². The van der Waals surface area contributed by atoms with E-state index in [2.05, 4.69) is 26.6 Å². The zero-order chi connectivity index (χ0) is 37.0. The molecule has 5 atom stereocenters. The highest BCUT2D eigenvalue weighted by molar-refractivity contribution is 5.87. The van der Waals surface area contributed by atoms with Crippen LogP contribution in [-0.2, 0) is 47.9 Å². The lowest BCUT2D eigenvalue weighted by Gasteiger charge is -2.23. The van der Waals surface area contributed by atoms with Crippen LogP contribution in [0.3, 0.4) is 0 Å². The van der Waals surface area contributed by atoms with Crippen LogP contribution in [0.2, 0.25) is 0 Å². The maximum absolute atomic E-state index is 13.0. The van der Waals surface area contributed by atoms with Gasteiger partial charge in [-0.1, -0.05) is 0 Å². The van der Waals surface area contributed by atoms with Crippen molar-refractivity contribution >= 4 is 58.3 Å². The molecule has 48 heavy (non-hydrogen) atoms. The SMILES string of the molecule is CNC(CC(C)=O)CC(=O)NC(CC(C)=O)CC(=O)NC(CC(C)=O)CC(=O)NC(CC(C)=O)CC(=O)NC(CCC(C)=O)CC(C)=O. The Morgan fingerprint density at radius 2 is 0.604 bits per heavy atom. The number of hydrogen-bond donors (Lipinski definition) is 5. The summed E-state index contributed by atoms with van der Waals surface area (Å²) in [6.07, 6.45) is -1.03. The number of amides is 4. The lowest BCUT2D eigenvalue weighted by molar-refractivity contribution is -0.126. The molecule has 5 unspecified atom stereocenters. The number of rotatable bonds is 26. The average Bonchev–Trinajstić information content (AvgIpc) is 2.89. The smallest absolute Gasteiger partial charge is 0.222 e. The molecular formula is C33H53N5O10. The summed E-state index contributed by atoms with van der Waals surface area (Å²) in [7, 11) is 1.61. The first-order valence-corrected chi connectivity index (χ1v) is 16.1. The van der Waals surface area contributed by atoms with Gasteiger partial charge in [-0.25, -0.2) is 0 Å². The summed E-state index contributed by atoms with van der Waals surface area (Å²) in [4.78, 5) is 122. The van der Waals surface area contributed by atoms with E-state index < -0.39 is 53.8 Å². The average molecular weight is 680 g/mol. The topological polar surface area (TPSA) is 231 Å². The first-order chi connectivity index (χ1) is 22.3. The Balaban J connectivity index is 5.53. The summed E-state index contributed by atoms with van der Waals surface area (Å²) in [5.74, 6) is -3.59. The first-order valence-electron chi connectivity index (χ1n) is 16.1. The van der Waals surface area contributed by atoms with Crippen molar-refractivity contribution in [3.05, 3.63) is 0 Å². The van der Waals surface area contributed by atoms with Crippen molar-refractivity contribution < 1.29 is 47.9 Å². The second-order valence-electron chi connectivity index (χ2n) is 12.6. The maximum atomic E-state index is 13.0. The highest BCUT2D eigenvalue weighted by atomic mass is 16.2. The standard InChI is InChI=1S/C33H53N5O10/c1-19(39)8-9-25(10-20(2)40)35-31(46)16-27(12-22(4)42)37-33(48)18-29(14-24(6)44)38-32(47)17-28(13-23(5)43)36-30(45)15-26(34-7)11-21(3)41/h25-29,34H,8-18H2,1-7H3,(H,35,46)(H,36,45)(H,37,48)(H,38,47). The molecule has 0 aliphatic rings. The zero-order valence-corrected chi connectivity index (χ0v) is 29.2. The molecule has 0 saturated heterocycles. The Kier molecular flexibility index (Phi) is 21.2. The lowest BCUT2D eigenvalue weighted by Crippen LogP contribution is -2.47. The van der Waals surface area contributed by atoms with Crippen LogP contribution >= 0.6 is 0 Å². The third kappa shape index (κ3) is 23.2. The molecule has 0 aliphatic heterocycles. The monoisotopic (exact) mass is 679 g/mol. The predicted molar refractivity (Wildman–Crippen MR) is 175 cm³/mol. The quantitative estimate of drug-likeness (QED) is 0.0837. The van der Waals surface area contributed by atoms with Gasteiger partial charge in [0.1, 0.15) is 34.7 Å². The first kappa shape index (κ1) is 43.9. The second-order valence-corrected chi connectivity index (χ2v) is 12.6. The van der Waals surface area contributed by atoms with E-state index in [9.17, 15) is 47.9 Å². The van der Waals surface area contributed by atoms with Gasteiger partial charge in [0, 0.05) is 94.4 Å². The fourth-order valence-electron chi connectivity index (χ4n) is 5.18. The number of Topliss-reactive ketones (excluding diaryl/α,β-unsaturated/α-hetero) is 6. The summed E-state index contributed by atoms with van der Waals surface area (Å²) < 4.78 is 0. The van der Waals surface area contributed by atoms with Gasteiger partial charge in [-0.05, 0) is 55.0 Å². The number of carbonyl (C=O) groups excluding carboxylic acids is 10. The maximum Gasteiger partial charge on any atom is 0.222 e. The van der Waals surface area contributed by atoms with E-state index in [-0.39, 0.29) is 105 Å². The molecule has 0 fully saturated rings. The van der Waals surface area contributed by atoms with E-state index >= 15 is 0 Å². The summed E-state index contributed by atoms with van der Waals surface area (Å²) in [5.41, 5.74) is 0. The van der Waals surface area contributed by atoms with Crippen LogP contribution in [0.1, 0.15) is 112 Å². The van der Waals surface area contributed by atoms with Crippen molar-refractivity contribution in [2.45, 2.75) is 142 Å². The van der Waals surface area contributed by atoms with E-state index in [1.807, 2.05) is 0 Å². The summed E-state index contributed by atoms with van der Waals surface area (Å²) in [5, 5.41) is 13.4. The van der Waals surface area contributed by atoms with E-state index in [4.69, 9.17) is 0 Å².